The zero-order valence-electron chi connectivity index (χ0n) is 10.9. The third kappa shape index (κ3) is 14.7. The Bertz CT molecular complexity index is 193. The van der Waals surface area contributed by atoms with Crippen LogP contribution in [0.3, 0.4) is 0 Å². The van der Waals surface area contributed by atoms with Gasteiger partial charge >= 0.3 is 8.56 Å². The van der Waals surface area contributed by atoms with E-state index in [-0.39, 0.29) is 29.7 Å². The molecule has 0 saturated heterocycles. The molecular formula is C12H42N2O2Si3. The molecule has 0 aromatic rings. The lowest BCUT2D eigenvalue weighted by atomic mass is 11.5. The predicted octanol–water partition coefficient (Wildman–Crippen LogP) is 3.67. The monoisotopic (exact) mass is 330 g/mol. The average molecular weight is 331 g/mol. The summed E-state index contributed by atoms with van der Waals surface area (Å²) >= 11 is 0. The molecule has 0 fully saturated rings. The van der Waals surface area contributed by atoms with Crippen LogP contribution >= 0.6 is 0 Å². The molecular weight excluding hydrogens is 288 g/mol. The van der Waals surface area contributed by atoms with Gasteiger partial charge in [0.2, 0.25) is 0 Å². The van der Waals surface area contributed by atoms with E-state index >= 15 is 0 Å². The van der Waals surface area contributed by atoms with Gasteiger partial charge in [-0.2, -0.15) is 0 Å². The minimum absolute atomic E-state index is 0. The van der Waals surface area contributed by atoms with E-state index in [9.17, 15) is 0 Å². The minimum atomic E-state index is -2.05. The van der Waals surface area contributed by atoms with Crippen LogP contribution in [0.15, 0.2) is 0 Å². The second-order valence-corrected chi connectivity index (χ2v) is 17.8. The van der Waals surface area contributed by atoms with Gasteiger partial charge in [-0.3, -0.25) is 0 Å². The summed E-state index contributed by atoms with van der Waals surface area (Å²) in [6.07, 6.45) is 1.27. The lowest BCUT2D eigenvalue weighted by molar-refractivity contribution is 0.390. The van der Waals surface area contributed by atoms with Crippen molar-refractivity contribution in [3.8, 4) is 0 Å². The fourth-order valence-corrected chi connectivity index (χ4v) is 13.3. The molecule has 0 radical (unpaired) electrons. The van der Waals surface area contributed by atoms with Crippen molar-refractivity contribution in [3.05, 3.63) is 0 Å². The SMILES string of the molecule is C.C.C.C.C[Si](C)(CN)O[Si](C)(C)O[Si](C)(C)CN. The molecule has 0 aromatic heterocycles. The Labute approximate surface area is 126 Å². The summed E-state index contributed by atoms with van der Waals surface area (Å²) in [6.45, 7) is 12.7. The summed E-state index contributed by atoms with van der Waals surface area (Å²) in [5, 5.41) is 0. The van der Waals surface area contributed by atoms with Crippen molar-refractivity contribution in [2.24, 2.45) is 11.5 Å². The van der Waals surface area contributed by atoms with Crippen molar-refractivity contribution in [2.75, 3.05) is 12.3 Å². The molecule has 0 aliphatic heterocycles. The Balaban J connectivity index is -0.000000163. The number of hydrogen-bond donors (Lipinski definition) is 2. The molecule has 19 heavy (non-hydrogen) atoms. The average Bonchev–Trinajstić information content (AvgIpc) is 2.00. The summed E-state index contributed by atoms with van der Waals surface area (Å²) in [5.74, 6) is 0. The van der Waals surface area contributed by atoms with Crippen molar-refractivity contribution >= 4 is 25.2 Å². The summed E-state index contributed by atoms with van der Waals surface area (Å²) < 4.78 is 12.2. The molecule has 0 aromatic carbocycles. The topological polar surface area (TPSA) is 70.5 Å². The van der Waals surface area contributed by atoms with Gasteiger partial charge in [0.05, 0.1) is 0 Å². The molecule has 4 nitrogen and oxygen atoms in total. The largest absolute Gasteiger partial charge is 0.435 e. The Morgan fingerprint density at radius 3 is 1.00 bits per heavy atom. The van der Waals surface area contributed by atoms with E-state index in [1.54, 1.807) is 0 Å². The molecule has 0 bridgehead atoms. The Morgan fingerprint density at radius 1 is 0.632 bits per heavy atom. The van der Waals surface area contributed by atoms with Gasteiger partial charge in [0.25, 0.3) is 0 Å². The van der Waals surface area contributed by atoms with E-state index in [0.717, 1.165) is 0 Å². The van der Waals surface area contributed by atoms with Crippen LogP contribution in [0, 0.1) is 0 Å². The van der Waals surface area contributed by atoms with Crippen molar-refractivity contribution in [1.82, 2.24) is 0 Å². The fraction of sp³-hybridized carbons (Fsp3) is 1.00. The van der Waals surface area contributed by atoms with Crippen molar-refractivity contribution in [2.45, 2.75) is 69.0 Å². The predicted molar refractivity (Wildman–Crippen MR) is 99.6 cm³/mol. The highest BCUT2D eigenvalue weighted by atomic mass is 28.5. The van der Waals surface area contributed by atoms with Crippen LogP contribution in [0.5, 0.6) is 0 Å². The molecule has 0 amide bonds. The van der Waals surface area contributed by atoms with E-state index in [1.165, 1.54) is 0 Å². The Kier molecular flexibility index (Phi) is 18.7. The molecule has 0 heterocycles. The highest BCUT2D eigenvalue weighted by molar-refractivity contribution is 6.87. The summed E-state index contributed by atoms with van der Waals surface area (Å²) in [6, 6.07) is 0. The molecule has 0 atom stereocenters. The molecule has 0 spiro atoms. The van der Waals surface area contributed by atoms with Gasteiger partial charge in [0.15, 0.2) is 16.6 Å². The number of nitrogens with two attached hydrogens (primary N) is 2. The highest BCUT2D eigenvalue weighted by Gasteiger charge is 2.38. The molecule has 7 heteroatoms. The molecule has 0 aliphatic carbocycles. The smallest absolute Gasteiger partial charge is 0.311 e. The van der Waals surface area contributed by atoms with E-state index in [0.29, 0.717) is 12.3 Å². The molecule has 124 valence electrons. The minimum Gasteiger partial charge on any atom is -0.435 e. The van der Waals surface area contributed by atoms with E-state index in [4.69, 9.17) is 19.7 Å². The van der Waals surface area contributed by atoms with Crippen LogP contribution in [-0.2, 0) is 8.23 Å². The van der Waals surface area contributed by atoms with Gasteiger partial charge < -0.3 is 19.7 Å². The first kappa shape index (κ1) is 31.7. The second-order valence-electron chi connectivity index (χ2n) is 5.53. The Hall–Kier alpha value is 0.491. The van der Waals surface area contributed by atoms with Gasteiger partial charge in [0, 0.05) is 12.3 Å². The zero-order chi connectivity index (χ0) is 12.3. The van der Waals surface area contributed by atoms with Crippen molar-refractivity contribution in [3.63, 3.8) is 0 Å². The van der Waals surface area contributed by atoms with Crippen LogP contribution in [0.1, 0.15) is 29.7 Å². The third-order valence-electron chi connectivity index (χ3n) is 2.03. The van der Waals surface area contributed by atoms with Gasteiger partial charge in [-0.15, -0.1) is 0 Å². The summed E-state index contributed by atoms with van der Waals surface area (Å²) in [5.41, 5.74) is 11.4. The van der Waals surface area contributed by atoms with Gasteiger partial charge in [-0.1, -0.05) is 29.7 Å². The zero-order valence-corrected chi connectivity index (χ0v) is 13.9. The molecule has 0 aliphatic rings. The quantitative estimate of drug-likeness (QED) is 0.729. The molecule has 4 N–H and O–H groups in total. The van der Waals surface area contributed by atoms with E-state index < -0.39 is 25.2 Å². The third-order valence-corrected chi connectivity index (χ3v) is 12.3. The van der Waals surface area contributed by atoms with E-state index in [2.05, 4.69) is 39.3 Å². The summed E-state index contributed by atoms with van der Waals surface area (Å²) in [4.78, 5) is 0. The lowest BCUT2D eigenvalue weighted by Crippen LogP contribution is -2.56. The first-order chi connectivity index (χ1) is 6.54. The molecule has 0 saturated carbocycles. The van der Waals surface area contributed by atoms with Crippen LogP contribution in [-0.4, -0.2) is 37.5 Å². The second kappa shape index (κ2) is 11.2. The first-order valence-electron chi connectivity index (χ1n) is 5.34. The van der Waals surface area contributed by atoms with E-state index in [1.807, 2.05) is 0 Å². The maximum absolute atomic E-state index is 6.12. The maximum Gasteiger partial charge on any atom is 0.311 e. The number of rotatable bonds is 6. The summed E-state index contributed by atoms with van der Waals surface area (Å²) in [7, 11) is -5.51. The maximum atomic E-state index is 6.12. The van der Waals surface area contributed by atoms with Crippen molar-refractivity contribution < 1.29 is 8.23 Å². The van der Waals surface area contributed by atoms with Gasteiger partial charge in [-0.05, 0) is 39.3 Å². The Morgan fingerprint density at radius 2 is 0.842 bits per heavy atom. The van der Waals surface area contributed by atoms with Gasteiger partial charge in [-0.25, -0.2) is 0 Å². The first-order valence-corrected chi connectivity index (χ1v) is 14.4. The van der Waals surface area contributed by atoms with Gasteiger partial charge in [0.1, 0.15) is 0 Å². The standard InChI is InChI=1S/C8H26N2O2Si3.4CH4/c1-13(2,7-9)11-15(5,6)12-14(3,4)8-10;;;;/h7-10H2,1-6H3;4*1H4. The highest BCUT2D eigenvalue weighted by Crippen LogP contribution is 2.19. The number of hydrogen-bond acceptors (Lipinski definition) is 4. The van der Waals surface area contributed by atoms with Crippen LogP contribution < -0.4 is 11.5 Å². The lowest BCUT2D eigenvalue weighted by Gasteiger charge is -2.37. The fourth-order valence-electron chi connectivity index (χ4n) is 1.43. The van der Waals surface area contributed by atoms with Crippen LogP contribution in [0.4, 0.5) is 0 Å². The normalized spacial score (nSPS) is 11.4. The van der Waals surface area contributed by atoms with Crippen LogP contribution in [0.2, 0.25) is 39.3 Å². The molecule has 0 rings (SSSR count). The molecule has 0 unspecified atom stereocenters. The van der Waals surface area contributed by atoms with Crippen LogP contribution in [0.25, 0.3) is 0 Å². The van der Waals surface area contributed by atoms with Crippen molar-refractivity contribution in [1.29, 1.82) is 0 Å².